The molecule has 1 aliphatic rings. The van der Waals surface area contributed by atoms with Crippen molar-refractivity contribution in [2.45, 2.75) is 19.4 Å². The van der Waals surface area contributed by atoms with Crippen LogP contribution in [0, 0.1) is 0 Å². The molecule has 0 amide bonds. The molecule has 6 nitrogen and oxygen atoms in total. The molecule has 0 radical (unpaired) electrons. The van der Waals surface area contributed by atoms with Gasteiger partial charge in [0.25, 0.3) is 0 Å². The highest BCUT2D eigenvalue weighted by Gasteiger charge is 2.19. The third kappa shape index (κ3) is 4.05. The lowest BCUT2D eigenvalue weighted by molar-refractivity contribution is 0.0209. The van der Waals surface area contributed by atoms with Crippen molar-refractivity contribution in [1.82, 2.24) is 14.9 Å². The molecule has 0 spiro atoms. The molecular formula is C14H25N5O. The van der Waals surface area contributed by atoms with Crippen molar-refractivity contribution in [3.05, 3.63) is 11.8 Å². The van der Waals surface area contributed by atoms with E-state index in [-0.39, 0.29) is 0 Å². The number of aryl methyl sites for hydroxylation is 1. The van der Waals surface area contributed by atoms with E-state index in [4.69, 9.17) is 4.74 Å². The third-order valence-corrected chi connectivity index (χ3v) is 3.34. The Bertz CT molecular complexity index is 434. The summed E-state index contributed by atoms with van der Waals surface area (Å²) in [5.74, 6) is 1.69. The van der Waals surface area contributed by atoms with Crippen LogP contribution < -0.4 is 10.2 Å². The van der Waals surface area contributed by atoms with Gasteiger partial charge in [-0.05, 0) is 20.5 Å². The molecule has 0 unspecified atom stereocenters. The fourth-order valence-corrected chi connectivity index (χ4v) is 1.89. The van der Waals surface area contributed by atoms with Gasteiger partial charge in [0.2, 0.25) is 5.95 Å². The Labute approximate surface area is 121 Å². The predicted octanol–water partition coefficient (Wildman–Crippen LogP) is 0.847. The van der Waals surface area contributed by atoms with Crippen molar-refractivity contribution in [2.24, 2.45) is 0 Å². The highest BCUT2D eigenvalue weighted by Crippen LogP contribution is 2.16. The summed E-state index contributed by atoms with van der Waals surface area (Å²) < 4.78 is 5.18. The molecule has 1 aromatic heterocycles. The van der Waals surface area contributed by atoms with Crippen LogP contribution in [0.1, 0.15) is 12.6 Å². The van der Waals surface area contributed by atoms with Gasteiger partial charge in [-0.1, -0.05) is 6.92 Å². The second kappa shape index (κ2) is 6.85. The lowest BCUT2D eigenvalue weighted by Gasteiger charge is -2.28. The van der Waals surface area contributed by atoms with Gasteiger partial charge in [0.1, 0.15) is 5.82 Å². The molecule has 6 heteroatoms. The standard InChI is InChI=1S/C14H25N5O/c1-5-11-8-13(15-12-9-20-10-12)17-14(16-11)19(4)7-6-18(2)3/h8,12H,5-7,9-10H2,1-4H3,(H,15,16,17). The predicted molar refractivity (Wildman–Crippen MR) is 81.5 cm³/mol. The molecule has 0 saturated carbocycles. The first-order chi connectivity index (χ1) is 9.58. The van der Waals surface area contributed by atoms with Crippen molar-refractivity contribution >= 4 is 11.8 Å². The molecule has 1 N–H and O–H groups in total. The molecular weight excluding hydrogens is 254 g/mol. The number of nitrogens with zero attached hydrogens (tertiary/aromatic N) is 4. The van der Waals surface area contributed by atoms with Crippen LogP contribution in [0.5, 0.6) is 0 Å². The maximum Gasteiger partial charge on any atom is 0.227 e. The second-order valence-electron chi connectivity index (χ2n) is 5.50. The van der Waals surface area contributed by atoms with E-state index in [1.54, 1.807) is 0 Å². The number of likely N-dealkylation sites (N-methyl/N-ethyl adjacent to an activating group) is 2. The van der Waals surface area contributed by atoms with E-state index in [1.165, 1.54) is 0 Å². The minimum Gasteiger partial charge on any atom is -0.377 e. The van der Waals surface area contributed by atoms with Crippen LogP contribution in [-0.4, -0.2) is 68.4 Å². The number of anilines is 2. The highest BCUT2D eigenvalue weighted by atomic mass is 16.5. The summed E-state index contributed by atoms with van der Waals surface area (Å²) in [7, 11) is 6.18. The van der Waals surface area contributed by atoms with Gasteiger partial charge >= 0.3 is 0 Å². The molecule has 1 aromatic rings. The van der Waals surface area contributed by atoms with Crippen molar-refractivity contribution < 1.29 is 4.74 Å². The smallest absolute Gasteiger partial charge is 0.227 e. The Morgan fingerprint density at radius 3 is 2.55 bits per heavy atom. The fraction of sp³-hybridized carbons (Fsp3) is 0.714. The maximum absolute atomic E-state index is 5.18. The second-order valence-corrected chi connectivity index (χ2v) is 5.50. The summed E-state index contributed by atoms with van der Waals surface area (Å²) in [5.41, 5.74) is 1.06. The Balaban J connectivity index is 2.07. The largest absolute Gasteiger partial charge is 0.377 e. The molecule has 2 rings (SSSR count). The number of aromatic nitrogens is 2. The molecule has 0 bridgehead atoms. The molecule has 0 aliphatic carbocycles. The summed E-state index contributed by atoms with van der Waals surface area (Å²) in [6, 6.07) is 2.41. The number of rotatable bonds is 7. The Morgan fingerprint density at radius 2 is 2.00 bits per heavy atom. The van der Waals surface area contributed by atoms with Gasteiger partial charge in [0.15, 0.2) is 0 Å². The average Bonchev–Trinajstić information content (AvgIpc) is 2.39. The van der Waals surface area contributed by atoms with Gasteiger partial charge in [0.05, 0.1) is 19.3 Å². The fourth-order valence-electron chi connectivity index (χ4n) is 1.89. The number of hydrogen-bond donors (Lipinski definition) is 1. The summed E-state index contributed by atoms with van der Waals surface area (Å²) >= 11 is 0. The van der Waals surface area contributed by atoms with Gasteiger partial charge in [-0.15, -0.1) is 0 Å². The minimum atomic E-state index is 0.384. The summed E-state index contributed by atoms with van der Waals surface area (Å²) in [6.07, 6.45) is 0.910. The zero-order valence-electron chi connectivity index (χ0n) is 12.9. The number of nitrogens with one attached hydrogen (secondary N) is 1. The lowest BCUT2D eigenvalue weighted by atomic mass is 10.2. The van der Waals surface area contributed by atoms with E-state index >= 15 is 0 Å². The van der Waals surface area contributed by atoms with Gasteiger partial charge in [-0.25, -0.2) is 4.98 Å². The van der Waals surface area contributed by atoms with E-state index in [2.05, 4.69) is 46.1 Å². The number of hydrogen-bond acceptors (Lipinski definition) is 6. The van der Waals surface area contributed by atoms with Gasteiger partial charge in [-0.2, -0.15) is 4.98 Å². The third-order valence-electron chi connectivity index (χ3n) is 3.34. The molecule has 20 heavy (non-hydrogen) atoms. The quantitative estimate of drug-likeness (QED) is 0.798. The Kier molecular flexibility index (Phi) is 5.14. The molecule has 112 valence electrons. The van der Waals surface area contributed by atoms with Crippen LogP contribution in [0.3, 0.4) is 0 Å². The topological polar surface area (TPSA) is 53.5 Å². The Hall–Kier alpha value is -1.40. The van der Waals surface area contributed by atoms with E-state index in [9.17, 15) is 0 Å². The summed E-state index contributed by atoms with van der Waals surface area (Å²) in [4.78, 5) is 13.5. The zero-order chi connectivity index (χ0) is 14.5. The SMILES string of the molecule is CCc1cc(NC2COC2)nc(N(C)CCN(C)C)n1. The van der Waals surface area contributed by atoms with Crippen LogP contribution in [0.2, 0.25) is 0 Å². The van der Waals surface area contributed by atoms with Crippen LogP contribution in [0.15, 0.2) is 6.07 Å². The normalized spacial score (nSPS) is 15.2. The van der Waals surface area contributed by atoms with E-state index in [0.717, 1.165) is 50.2 Å². The lowest BCUT2D eigenvalue weighted by Crippen LogP contribution is -2.40. The van der Waals surface area contributed by atoms with Crippen LogP contribution in [0.4, 0.5) is 11.8 Å². The molecule has 2 heterocycles. The first-order valence-electron chi connectivity index (χ1n) is 7.16. The van der Waals surface area contributed by atoms with Crippen molar-refractivity contribution in [3.63, 3.8) is 0 Å². The maximum atomic E-state index is 5.18. The molecule has 0 aromatic carbocycles. The van der Waals surface area contributed by atoms with Gasteiger partial charge in [-0.3, -0.25) is 0 Å². The molecule has 1 fully saturated rings. The Morgan fingerprint density at radius 1 is 1.25 bits per heavy atom. The van der Waals surface area contributed by atoms with Crippen molar-refractivity contribution in [3.8, 4) is 0 Å². The first kappa shape index (κ1) is 15.0. The molecule has 1 aliphatic heterocycles. The highest BCUT2D eigenvalue weighted by molar-refractivity contribution is 5.44. The monoisotopic (exact) mass is 279 g/mol. The minimum absolute atomic E-state index is 0.384. The average molecular weight is 279 g/mol. The molecule has 0 atom stereocenters. The summed E-state index contributed by atoms with van der Waals surface area (Å²) in [6.45, 7) is 5.53. The van der Waals surface area contributed by atoms with Crippen LogP contribution in [-0.2, 0) is 11.2 Å². The summed E-state index contributed by atoms with van der Waals surface area (Å²) in [5, 5.41) is 3.40. The zero-order valence-corrected chi connectivity index (χ0v) is 12.9. The number of ether oxygens (including phenoxy) is 1. The van der Waals surface area contributed by atoms with Gasteiger partial charge < -0.3 is 19.9 Å². The van der Waals surface area contributed by atoms with Gasteiger partial charge in [0, 0.05) is 31.9 Å². The van der Waals surface area contributed by atoms with Crippen molar-refractivity contribution in [2.75, 3.05) is 57.7 Å². The van der Waals surface area contributed by atoms with Crippen molar-refractivity contribution in [1.29, 1.82) is 0 Å². The van der Waals surface area contributed by atoms with E-state index in [0.29, 0.717) is 6.04 Å². The van der Waals surface area contributed by atoms with Crippen LogP contribution in [0.25, 0.3) is 0 Å². The van der Waals surface area contributed by atoms with Crippen LogP contribution >= 0.6 is 0 Å². The molecule has 1 saturated heterocycles. The first-order valence-corrected chi connectivity index (χ1v) is 7.16. The van der Waals surface area contributed by atoms with E-state index < -0.39 is 0 Å². The van der Waals surface area contributed by atoms with E-state index in [1.807, 2.05) is 13.1 Å².